The van der Waals surface area contributed by atoms with Crippen LogP contribution in [0.1, 0.15) is 57.3 Å². The van der Waals surface area contributed by atoms with E-state index in [2.05, 4.69) is 4.98 Å². The van der Waals surface area contributed by atoms with Gasteiger partial charge < -0.3 is 26.5 Å². The van der Waals surface area contributed by atoms with Gasteiger partial charge in [0, 0.05) is 49.9 Å². The number of benzene rings is 1. The summed E-state index contributed by atoms with van der Waals surface area (Å²) in [5.74, 6) is 1.08. The van der Waals surface area contributed by atoms with Crippen LogP contribution in [-0.4, -0.2) is 61.8 Å². The highest BCUT2D eigenvalue weighted by molar-refractivity contribution is 6.04. The van der Waals surface area contributed by atoms with Crippen molar-refractivity contribution in [2.75, 3.05) is 19.3 Å². The molecule has 4 N–H and O–H groups in total. The smallest absolute Gasteiger partial charge is 0.430 e. The van der Waals surface area contributed by atoms with Crippen LogP contribution in [0, 0.1) is 0 Å². The van der Waals surface area contributed by atoms with Crippen molar-refractivity contribution < 1.29 is 23.1 Å². The lowest BCUT2D eigenvalue weighted by molar-refractivity contribution is -0.134. The lowest BCUT2D eigenvalue weighted by Gasteiger charge is -2.37. The van der Waals surface area contributed by atoms with E-state index in [1.54, 1.807) is 24.5 Å². The molecule has 9 nitrogen and oxygen atoms in total. The average Bonchev–Trinajstić information content (AvgIpc) is 3.31. The number of nitrogens with one attached hydrogen (secondary N) is 1. The molecule has 0 spiro atoms. The summed E-state index contributed by atoms with van der Waals surface area (Å²) >= 11 is 0. The van der Waals surface area contributed by atoms with E-state index in [9.17, 15) is 28.5 Å². The molecule has 2 aromatic heterocycles. The second-order valence-corrected chi connectivity index (χ2v) is 10.2. The van der Waals surface area contributed by atoms with Gasteiger partial charge in [-0.15, -0.1) is 5.71 Å². The quantitative estimate of drug-likeness (QED) is 0.371. The standard InChI is InChI=1S/C28H33F3N7O2/c1-5-22(39)38-15-18(7-6-16(38)2)26-36-23(24-25(33)35-12-13-37(24)26)17-8-10-19(11-9-17)27(3,40)20(32)14-21(34-4)28(29,30)31/h8-14,16,18,34,40H,5-7,15H2,1-4H3,(H2,33,35)/q-1/b21-14-/t16-,18-,27?/m1/s1. The molecule has 1 aliphatic rings. The molecule has 3 aromatic rings. The van der Waals surface area contributed by atoms with Gasteiger partial charge in [0.2, 0.25) is 5.91 Å². The van der Waals surface area contributed by atoms with Gasteiger partial charge in [0.05, 0.1) is 5.60 Å². The van der Waals surface area contributed by atoms with Gasteiger partial charge >= 0.3 is 6.18 Å². The highest BCUT2D eigenvalue weighted by atomic mass is 19.4. The number of piperidine rings is 1. The molecule has 4 rings (SSSR count). The fraction of sp³-hybridized carbons (Fsp3) is 0.429. The Morgan fingerprint density at radius 1 is 1.27 bits per heavy atom. The number of rotatable bonds is 7. The van der Waals surface area contributed by atoms with Gasteiger partial charge in [-0.2, -0.15) is 13.2 Å². The predicted molar refractivity (Wildman–Crippen MR) is 147 cm³/mol. The molecule has 12 heteroatoms. The van der Waals surface area contributed by atoms with Crippen molar-refractivity contribution in [1.29, 1.82) is 0 Å². The number of nitrogens with two attached hydrogens (primary N) is 1. The fourth-order valence-corrected chi connectivity index (χ4v) is 5.12. The van der Waals surface area contributed by atoms with E-state index in [-0.39, 0.29) is 29.2 Å². The molecule has 0 bridgehead atoms. The number of hydrogen-bond donors (Lipinski definition) is 3. The van der Waals surface area contributed by atoms with Crippen molar-refractivity contribution >= 4 is 23.0 Å². The van der Waals surface area contributed by atoms with Crippen molar-refractivity contribution in [1.82, 2.24) is 24.6 Å². The van der Waals surface area contributed by atoms with E-state index < -0.39 is 23.2 Å². The molecule has 0 saturated carbocycles. The van der Waals surface area contributed by atoms with Gasteiger partial charge in [-0.05, 0) is 32.3 Å². The molecule has 0 radical (unpaired) electrons. The molecule has 0 aliphatic carbocycles. The number of hydrogen-bond acceptors (Lipinski definition) is 6. The predicted octanol–water partition coefficient (Wildman–Crippen LogP) is 4.37. The number of likely N-dealkylation sites (tertiary alicyclic amines) is 1. The fourth-order valence-electron chi connectivity index (χ4n) is 5.12. The molecule has 214 valence electrons. The SMILES string of the molecule is CCC(=O)N1C[C@H](c2nc(-c3ccc(C(C)(O)C(=[N-])/C=C(\NC)C(F)(F)F)cc3)c3c(N)nccn23)CC[C@H]1C. The van der Waals surface area contributed by atoms with Crippen LogP contribution >= 0.6 is 0 Å². The van der Waals surface area contributed by atoms with Gasteiger partial charge in [0.1, 0.15) is 28.5 Å². The number of carbonyl (C=O) groups is 1. The van der Waals surface area contributed by atoms with E-state index in [4.69, 9.17) is 10.7 Å². The molecule has 1 fully saturated rings. The summed E-state index contributed by atoms with van der Waals surface area (Å²) in [6.45, 7) is 5.63. The zero-order valence-corrected chi connectivity index (χ0v) is 22.8. The topological polar surface area (TPSA) is 131 Å². The third kappa shape index (κ3) is 5.40. The molecule has 3 heterocycles. The monoisotopic (exact) mass is 556 g/mol. The van der Waals surface area contributed by atoms with Gasteiger partial charge in [0.25, 0.3) is 0 Å². The zero-order chi connectivity index (χ0) is 29.4. The lowest BCUT2D eigenvalue weighted by Crippen LogP contribution is -2.44. The van der Waals surface area contributed by atoms with E-state index in [0.29, 0.717) is 35.8 Å². The average molecular weight is 557 g/mol. The maximum atomic E-state index is 13.1. The van der Waals surface area contributed by atoms with Gasteiger partial charge in [-0.25, -0.2) is 9.97 Å². The number of aromatic nitrogens is 3. The summed E-state index contributed by atoms with van der Waals surface area (Å²) in [6.07, 6.45) is 1.20. The Kier molecular flexibility index (Phi) is 7.93. The number of carbonyl (C=O) groups excluding carboxylic acids is 1. The lowest BCUT2D eigenvalue weighted by atomic mass is 9.89. The van der Waals surface area contributed by atoms with Crippen molar-refractivity contribution in [3.63, 3.8) is 0 Å². The zero-order valence-electron chi connectivity index (χ0n) is 22.8. The van der Waals surface area contributed by atoms with Crippen LogP contribution in [0.5, 0.6) is 0 Å². The highest BCUT2D eigenvalue weighted by Crippen LogP contribution is 2.36. The van der Waals surface area contributed by atoms with E-state index in [1.807, 2.05) is 28.5 Å². The number of fused-ring (bicyclic) bond motifs is 1. The molecule has 3 atom stereocenters. The Morgan fingerprint density at radius 3 is 2.55 bits per heavy atom. The van der Waals surface area contributed by atoms with Gasteiger partial charge in [-0.3, -0.25) is 9.20 Å². The van der Waals surface area contributed by atoms with Crippen molar-refractivity contribution in [2.45, 2.75) is 63.8 Å². The van der Waals surface area contributed by atoms with Crippen molar-refractivity contribution in [3.8, 4) is 11.3 Å². The Balaban J connectivity index is 1.71. The Labute approximate surface area is 230 Å². The van der Waals surface area contributed by atoms with Crippen molar-refractivity contribution in [2.24, 2.45) is 0 Å². The second kappa shape index (κ2) is 10.9. The summed E-state index contributed by atoms with van der Waals surface area (Å²) < 4.78 is 41.3. The first-order valence-electron chi connectivity index (χ1n) is 13.1. The minimum Gasteiger partial charge on any atom is -0.805 e. The van der Waals surface area contributed by atoms with E-state index >= 15 is 0 Å². The Hall–Kier alpha value is -3.93. The third-order valence-corrected chi connectivity index (χ3v) is 7.56. The number of aliphatic hydroxyl groups is 1. The number of alkyl halides is 3. The van der Waals surface area contributed by atoms with Crippen LogP contribution in [-0.2, 0) is 10.4 Å². The first-order chi connectivity index (χ1) is 18.8. The number of imidazole rings is 1. The highest BCUT2D eigenvalue weighted by Gasteiger charge is 2.35. The normalized spacial score (nSPS) is 19.9. The third-order valence-electron chi connectivity index (χ3n) is 7.56. The Morgan fingerprint density at radius 2 is 1.95 bits per heavy atom. The van der Waals surface area contributed by atoms with E-state index in [0.717, 1.165) is 25.7 Å². The summed E-state index contributed by atoms with van der Waals surface area (Å²) in [5, 5.41) is 23.3. The maximum Gasteiger partial charge on any atom is 0.430 e. The molecular weight excluding hydrogens is 523 g/mol. The van der Waals surface area contributed by atoms with Crippen LogP contribution in [0.2, 0.25) is 0 Å². The molecule has 1 aromatic carbocycles. The number of nitrogen functional groups attached to an aromatic ring is 1. The molecule has 1 aliphatic heterocycles. The molecular formula is C28H33F3N7O2-. The second-order valence-electron chi connectivity index (χ2n) is 10.2. The maximum absolute atomic E-state index is 13.1. The molecule has 1 unspecified atom stereocenters. The van der Waals surface area contributed by atoms with Crippen LogP contribution in [0.3, 0.4) is 0 Å². The van der Waals surface area contributed by atoms with Gasteiger partial charge in [-0.1, -0.05) is 37.3 Å². The number of amides is 1. The number of nitrogens with zero attached hydrogens (tertiary/aromatic N) is 5. The minimum absolute atomic E-state index is 0.0249. The minimum atomic E-state index is -4.73. The number of anilines is 1. The number of allylic oxidation sites excluding steroid dienone is 1. The first-order valence-corrected chi connectivity index (χ1v) is 13.1. The molecule has 1 saturated heterocycles. The summed E-state index contributed by atoms with van der Waals surface area (Å²) in [4.78, 5) is 23.6. The molecule has 1 amide bonds. The van der Waals surface area contributed by atoms with Crippen LogP contribution in [0.15, 0.2) is 48.4 Å². The van der Waals surface area contributed by atoms with Crippen LogP contribution < -0.4 is 11.1 Å². The van der Waals surface area contributed by atoms with E-state index in [1.165, 1.54) is 19.1 Å². The number of halogens is 3. The van der Waals surface area contributed by atoms with Crippen LogP contribution in [0.25, 0.3) is 22.2 Å². The van der Waals surface area contributed by atoms with Gasteiger partial charge in [0.15, 0.2) is 0 Å². The summed E-state index contributed by atoms with van der Waals surface area (Å²) in [5.41, 5.74) is 4.05. The Bertz CT molecular complexity index is 1440. The van der Waals surface area contributed by atoms with Crippen LogP contribution in [0.4, 0.5) is 19.0 Å². The summed E-state index contributed by atoms with van der Waals surface area (Å²) in [6, 6.07) is 6.46. The van der Waals surface area contributed by atoms with Crippen molar-refractivity contribution in [3.05, 3.63) is 65.2 Å². The largest absolute Gasteiger partial charge is 0.805 e. The molecule has 40 heavy (non-hydrogen) atoms. The first kappa shape index (κ1) is 29.1. The summed E-state index contributed by atoms with van der Waals surface area (Å²) in [7, 11) is 1.08.